The Morgan fingerprint density at radius 1 is 1.04 bits per heavy atom. The lowest BCUT2D eigenvalue weighted by atomic mass is 10.2. The molecule has 0 bridgehead atoms. The summed E-state index contributed by atoms with van der Waals surface area (Å²) >= 11 is 0. The van der Waals surface area contributed by atoms with Gasteiger partial charge in [-0.1, -0.05) is 12.1 Å². The molecule has 124 valence electrons. The minimum atomic E-state index is 0.503. The van der Waals surface area contributed by atoms with E-state index >= 15 is 0 Å². The molecule has 3 aromatic heterocycles. The molecule has 7 nitrogen and oxygen atoms in total. The zero-order valence-corrected chi connectivity index (χ0v) is 13.5. The van der Waals surface area contributed by atoms with Crippen LogP contribution in [0.5, 0.6) is 0 Å². The number of aromatic nitrogens is 5. The van der Waals surface area contributed by atoms with Crippen molar-refractivity contribution in [1.82, 2.24) is 24.5 Å². The molecule has 0 saturated carbocycles. The Morgan fingerprint density at radius 2 is 1.88 bits per heavy atom. The number of benzene rings is 1. The number of imidazole rings is 1. The van der Waals surface area contributed by atoms with Gasteiger partial charge in [-0.15, -0.1) is 0 Å². The fraction of sp³-hybridized carbons (Fsp3) is 0.111. The topological polar surface area (TPSA) is 94.5 Å². The number of nitrogen functional groups attached to an aromatic ring is 1. The molecule has 3 heterocycles. The SMILES string of the molecule is Nc1cnc(NCCc2ccncc2)nc1-n1cnc2ccccc21. The van der Waals surface area contributed by atoms with Crippen molar-refractivity contribution in [2.45, 2.75) is 6.42 Å². The van der Waals surface area contributed by atoms with Crippen LogP contribution >= 0.6 is 0 Å². The monoisotopic (exact) mass is 331 g/mol. The highest BCUT2D eigenvalue weighted by Crippen LogP contribution is 2.21. The third-order valence-electron chi connectivity index (χ3n) is 3.92. The van der Waals surface area contributed by atoms with E-state index in [4.69, 9.17) is 5.73 Å². The lowest BCUT2D eigenvalue weighted by molar-refractivity contribution is 0.954. The van der Waals surface area contributed by atoms with Crippen molar-refractivity contribution in [3.05, 3.63) is 66.9 Å². The Balaban J connectivity index is 1.56. The van der Waals surface area contributed by atoms with Gasteiger partial charge in [-0.25, -0.2) is 9.97 Å². The van der Waals surface area contributed by atoms with Gasteiger partial charge >= 0.3 is 0 Å². The van der Waals surface area contributed by atoms with E-state index in [1.807, 2.05) is 41.0 Å². The van der Waals surface area contributed by atoms with Crippen LogP contribution in [0.3, 0.4) is 0 Å². The van der Waals surface area contributed by atoms with E-state index in [9.17, 15) is 0 Å². The standard InChI is InChI=1S/C18H17N7/c19-14-11-22-18(21-10-7-13-5-8-20-9-6-13)24-17(14)25-12-23-15-3-1-2-4-16(15)25/h1-6,8-9,11-12H,7,10,19H2,(H,21,22,24). The van der Waals surface area contributed by atoms with Gasteiger partial charge in [0.2, 0.25) is 5.95 Å². The van der Waals surface area contributed by atoms with Gasteiger partial charge < -0.3 is 11.1 Å². The molecule has 0 aliphatic carbocycles. The number of rotatable bonds is 5. The van der Waals surface area contributed by atoms with Crippen molar-refractivity contribution in [2.24, 2.45) is 0 Å². The molecule has 0 unspecified atom stereocenters. The van der Waals surface area contributed by atoms with Crippen LogP contribution in [-0.2, 0) is 6.42 Å². The Hall–Kier alpha value is -3.48. The Kier molecular flexibility index (Phi) is 3.96. The summed E-state index contributed by atoms with van der Waals surface area (Å²) in [6.07, 6.45) is 7.78. The normalized spacial score (nSPS) is 10.9. The molecule has 0 aliphatic heterocycles. The molecular weight excluding hydrogens is 314 g/mol. The molecule has 0 radical (unpaired) electrons. The third kappa shape index (κ3) is 3.12. The summed E-state index contributed by atoms with van der Waals surface area (Å²) in [6.45, 7) is 0.720. The summed E-state index contributed by atoms with van der Waals surface area (Å²) in [5.74, 6) is 1.16. The first-order valence-corrected chi connectivity index (χ1v) is 7.99. The number of pyridine rings is 1. The summed E-state index contributed by atoms with van der Waals surface area (Å²) in [5, 5.41) is 3.24. The number of hydrogen-bond donors (Lipinski definition) is 2. The number of nitrogens with one attached hydrogen (secondary N) is 1. The maximum absolute atomic E-state index is 6.08. The molecule has 7 heteroatoms. The molecule has 0 amide bonds. The van der Waals surface area contributed by atoms with E-state index in [1.165, 1.54) is 5.56 Å². The van der Waals surface area contributed by atoms with Gasteiger partial charge in [0.15, 0.2) is 5.82 Å². The fourth-order valence-electron chi connectivity index (χ4n) is 2.66. The molecule has 1 aromatic carbocycles. The number of nitrogens with zero attached hydrogens (tertiary/aromatic N) is 5. The minimum Gasteiger partial charge on any atom is -0.394 e. The Bertz CT molecular complexity index is 995. The smallest absolute Gasteiger partial charge is 0.224 e. The maximum Gasteiger partial charge on any atom is 0.224 e. The number of para-hydroxylation sites is 2. The minimum absolute atomic E-state index is 0.503. The quantitative estimate of drug-likeness (QED) is 0.583. The van der Waals surface area contributed by atoms with E-state index in [2.05, 4.69) is 25.3 Å². The molecule has 0 atom stereocenters. The molecule has 0 fully saturated rings. The lowest BCUT2D eigenvalue weighted by Crippen LogP contribution is -2.11. The van der Waals surface area contributed by atoms with Crippen molar-refractivity contribution in [1.29, 1.82) is 0 Å². The van der Waals surface area contributed by atoms with Gasteiger partial charge in [0.05, 0.1) is 22.9 Å². The van der Waals surface area contributed by atoms with Crippen LogP contribution in [0.15, 0.2) is 61.3 Å². The number of fused-ring (bicyclic) bond motifs is 1. The molecule has 3 N–H and O–H groups in total. The molecule has 0 aliphatic rings. The zero-order chi connectivity index (χ0) is 17.1. The van der Waals surface area contributed by atoms with Crippen LogP contribution in [0, 0.1) is 0 Å². The number of nitrogens with two attached hydrogens (primary N) is 1. The fourth-order valence-corrected chi connectivity index (χ4v) is 2.66. The van der Waals surface area contributed by atoms with E-state index < -0.39 is 0 Å². The zero-order valence-electron chi connectivity index (χ0n) is 13.5. The van der Waals surface area contributed by atoms with Crippen LogP contribution < -0.4 is 11.1 Å². The van der Waals surface area contributed by atoms with Gasteiger partial charge in [-0.2, -0.15) is 4.98 Å². The third-order valence-corrected chi connectivity index (χ3v) is 3.92. The van der Waals surface area contributed by atoms with Gasteiger partial charge in [0.1, 0.15) is 6.33 Å². The summed E-state index contributed by atoms with van der Waals surface area (Å²) in [7, 11) is 0. The van der Waals surface area contributed by atoms with Crippen molar-refractivity contribution in [3.63, 3.8) is 0 Å². The molecular formula is C18H17N7. The molecule has 4 rings (SSSR count). The predicted molar refractivity (Wildman–Crippen MR) is 97.5 cm³/mol. The van der Waals surface area contributed by atoms with Gasteiger partial charge in [0.25, 0.3) is 0 Å². The maximum atomic E-state index is 6.08. The summed E-state index contributed by atoms with van der Waals surface area (Å²) in [5.41, 5.74) is 9.64. The van der Waals surface area contributed by atoms with E-state index in [0.717, 1.165) is 24.0 Å². The van der Waals surface area contributed by atoms with Crippen LogP contribution in [0.25, 0.3) is 16.9 Å². The molecule has 4 aromatic rings. The van der Waals surface area contributed by atoms with Crippen LogP contribution in [0.1, 0.15) is 5.56 Å². The van der Waals surface area contributed by atoms with Crippen molar-refractivity contribution >= 4 is 22.7 Å². The second-order valence-electron chi connectivity index (χ2n) is 5.61. The second-order valence-corrected chi connectivity index (χ2v) is 5.61. The highest BCUT2D eigenvalue weighted by molar-refractivity contribution is 5.78. The highest BCUT2D eigenvalue weighted by Gasteiger charge is 2.10. The highest BCUT2D eigenvalue weighted by atomic mass is 15.2. The average molecular weight is 331 g/mol. The number of anilines is 2. The molecule has 25 heavy (non-hydrogen) atoms. The predicted octanol–water partition coefficient (Wildman–Crippen LogP) is 2.45. The largest absolute Gasteiger partial charge is 0.394 e. The summed E-state index contributed by atoms with van der Waals surface area (Å²) < 4.78 is 1.88. The average Bonchev–Trinajstić information content (AvgIpc) is 3.08. The second kappa shape index (κ2) is 6.56. The lowest BCUT2D eigenvalue weighted by Gasteiger charge is -2.10. The van der Waals surface area contributed by atoms with Gasteiger partial charge in [-0.3, -0.25) is 9.55 Å². The number of hydrogen-bond acceptors (Lipinski definition) is 6. The summed E-state index contributed by atoms with van der Waals surface area (Å²) in [4.78, 5) is 17.2. The van der Waals surface area contributed by atoms with Crippen molar-refractivity contribution in [3.8, 4) is 5.82 Å². The van der Waals surface area contributed by atoms with E-state index in [-0.39, 0.29) is 0 Å². The Labute approximate surface area is 144 Å². The first-order valence-electron chi connectivity index (χ1n) is 7.99. The van der Waals surface area contributed by atoms with Crippen molar-refractivity contribution < 1.29 is 0 Å². The molecule has 0 spiro atoms. The van der Waals surface area contributed by atoms with Crippen molar-refractivity contribution in [2.75, 3.05) is 17.6 Å². The summed E-state index contributed by atoms with van der Waals surface area (Å²) in [6, 6.07) is 11.8. The van der Waals surface area contributed by atoms with Crippen LogP contribution in [-0.4, -0.2) is 31.0 Å². The van der Waals surface area contributed by atoms with Gasteiger partial charge in [-0.05, 0) is 36.2 Å². The first kappa shape index (κ1) is 15.1. The Morgan fingerprint density at radius 3 is 2.76 bits per heavy atom. The first-order chi connectivity index (χ1) is 12.3. The molecule has 0 saturated heterocycles. The van der Waals surface area contributed by atoms with Crippen LogP contribution in [0.2, 0.25) is 0 Å². The van der Waals surface area contributed by atoms with E-state index in [0.29, 0.717) is 17.5 Å². The van der Waals surface area contributed by atoms with Gasteiger partial charge in [0, 0.05) is 18.9 Å². The van der Waals surface area contributed by atoms with Crippen LogP contribution in [0.4, 0.5) is 11.6 Å². The van der Waals surface area contributed by atoms with E-state index in [1.54, 1.807) is 24.9 Å².